The number of anilines is 2. The molecule has 0 saturated carbocycles. The number of carbonyl (C=O) groups is 1. The molecule has 1 saturated heterocycles. The molecule has 1 aliphatic heterocycles. The molecule has 2 aromatic carbocycles. The maximum absolute atomic E-state index is 11.3. The Hall–Kier alpha value is -4.14. The Morgan fingerprint density at radius 3 is 2.41 bits per heavy atom. The number of nitrogens with zero attached hydrogens (tertiary/aromatic N) is 6. The van der Waals surface area contributed by atoms with E-state index in [9.17, 15) is 4.79 Å². The van der Waals surface area contributed by atoms with Gasteiger partial charge >= 0.3 is 0 Å². The Bertz CT molecular complexity index is 1260. The molecule has 1 amide bonds. The smallest absolute Gasteiger partial charge is 0.248 e. The lowest BCUT2D eigenvalue weighted by atomic mass is 10.2. The first-order chi connectivity index (χ1) is 15.7. The number of aromatic nitrogens is 4. The van der Waals surface area contributed by atoms with Gasteiger partial charge in [-0.1, -0.05) is 12.1 Å². The number of hydrogen-bond acceptors (Lipinski definition) is 7. The highest BCUT2D eigenvalue weighted by molar-refractivity contribution is 5.93. The van der Waals surface area contributed by atoms with Crippen molar-refractivity contribution in [1.29, 1.82) is 0 Å². The number of methoxy groups -OCH3 is 1. The Balaban J connectivity index is 1.39. The molecule has 2 aromatic heterocycles. The summed E-state index contributed by atoms with van der Waals surface area (Å²) >= 11 is 0. The van der Waals surface area contributed by atoms with Gasteiger partial charge in [-0.25, -0.2) is 14.6 Å². The minimum absolute atomic E-state index is 0.452. The summed E-state index contributed by atoms with van der Waals surface area (Å²) in [4.78, 5) is 25.0. The second-order valence-electron chi connectivity index (χ2n) is 7.55. The second-order valence-corrected chi connectivity index (χ2v) is 7.55. The normalized spacial score (nSPS) is 14.0. The Labute approximate surface area is 185 Å². The zero-order valence-corrected chi connectivity index (χ0v) is 17.7. The number of amides is 1. The van der Waals surface area contributed by atoms with Crippen molar-refractivity contribution < 1.29 is 9.53 Å². The molecule has 5 rings (SSSR count). The van der Waals surface area contributed by atoms with E-state index < -0.39 is 5.91 Å². The molecular weight excluding hydrogens is 406 g/mol. The average Bonchev–Trinajstić information content (AvgIpc) is 3.28. The number of primary amides is 1. The maximum Gasteiger partial charge on any atom is 0.248 e. The number of benzene rings is 2. The van der Waals surface area contributed by atoms with Crippen LogP contribution in [0.1, 0.15) is 10.4 Å². The van der Waals surface area contributed by atoms with E-state index in [1.807, 2.05) is 18.2 Å². The second kappa shape index (κ2) is 8.18. The molecule has 3 heterocycles. The highest BCUT2D eigenvalue weighted by atomic mass is 16.5. The highest BCUT2D eigenvalue weighted by Gasteiger charge is 2.23. The summed E-state index contributed by atoms with van der Waals surface area (Å²) in [5.41, 5.74) is 8.42. The molecule has 0 atom stereocenters. The molecule has 1 aliphatic rings. The van der Waals surface area contributed by atoms with Crippen LogP contribution >= 0.6 is 0 Å². The van der Waals surface area contributed by atoms with Gasteiger partial charge in [0.25, 0.3) is 0 Å². The van der Waals surface area contributed by atoms with E-state index in [1.54, 1.807) is 48.6 Å². The van der Waals surface area contributed by atoms with Gasteiger partial charge in [-0.15, -0.1) is 0 Å². The SMILES string of the molecule is COc1ccccc1N1CCN(c2ncnc3c2cnn3-c2ccc(C(N)=O)cc2)CC1. The van der Waals surface area contributed by atoms with Crippen LogP contribution in [-0.4, -0.2) is 58.9 Å². The first kappa shape index (κ1) is 19.8. The quantitative estimate of drug-likeness (QED) is 0.519. The molecule has 0 aliphatic carbocycles. The van der Waals surface area contributed by atoms with Crippen LogP contribution in [0.2, 0.25) is 0 Å². The Morgan fingerprint density at radius 2 is 1.69 bits per heavy atom. The molecule has 0 unspecified atom stereocenters. The Morgan fingerprint density at radius 1 is 0.969 bits per heavy atom. The number of carbonyl (C=O) groups excluding carboxylic acids is 1. The third-order valence-corrected chi connectivity index (χ3v) is 5.75. The molecule has 9 nitrogen and oxygen atoms in total. The zero-order valence-electron chi connectivity index (χ0n) is 17.7. The van der Waals surface area contributed by atoms with Crippen molar-refractivity contribution in [3.63, 3.8) is 0 Å². The Kier molecular flexibility index (Phi) is 5.06. The van der Waals surface area contributed by atoms with Crippen molar-refractivity contribution in [2.24, 2.45) is 5.73 Å². The van der Waals surface area contributed by atoms with E-state index in [2.05, 4.69) is 30.9 Å². The summed E-state index contributed by atoms with van der Waals surface area (Å²) in [6, 6.07) is 15.1. The molecule has 0 radical (unpaired) electrons. The average molecular weight is 429 g/mol. The monoisotopic (exact) mass is 429 g/mol. The lowest BCUT2D eigenvalue weighted by molar-refractivity contribution is 0.100. The van der Waals surface area contributed by atoms with Crippen molar-refractivity contribution in [1.82, 2.24) is 19.7 Å². The molecule has 0 bridgehead atoms. The summed E-state index contributed by atoms with van der Waals surface area (Å²) in [6.45, 7) is 3.36. The van der Waals surface area contributed by atoms with Crippen LogP contribution < -0.4 is 20.3 Å². The molecule has 32 heavy (non-hydrogen) atoms. The highest BCUT2D eigenvalue weighted by Crippen LogP contribution is 2.30. The van der Waals surface area contributed by atoms with Gasteiger partial charge in [0.1, 0.15) is 17.9 Å². The third kappa shape index (κ3) is 3.47. The van der Waals surface area contributed by atoms with Crippen molar-refractivity contribution in [2.45, 2.75) is 0 Å². The fourth-order valence-electron chi connectivity index (χ4n) is 4.09. The molecule has 2 N–H and O–H groups in total. The molecule has 162 valence electrons. The van der Waals surface area contributed by atoms with E-state index >= 15 is 0 Å². The fourth-order valence-corrected chi connectivity index (χ4v) is 4.09. The molecular formula is C23H23N7O2. The maximum atomic E-state index is 11.3. The number of nitrogens with two attached hydrogens (primary N) is 1. The summed E-state index contributed by atoms with van der Waals surface area (Å²) in [6.07, 6.45) is 3.36. The van der Waals surface area contributed by atoms with Crippen LogP contribution in [0.25, 0.3) is 16.7 Å². The molecule has 9 heteroatoms. The third-order valence-electron chi connectivity index (χ3n) is 5.75. The van der Waals surface area contributed by atoms with E-state index in [0.29, 0.717) is 11.2 Å². The topological polar surface area (TPSA) is 102 Å². The van der Waals surface area contributed by atoms with Crippen LogP contribution in [0.5, 0.6) is 5.75 Å². The fraction of sp³-hybridized carbons (Fsp3) is 0.217. The van der Waals surface area contributed by atoms with E-state index in [0.717, 1.165) is 54.5 Å². The number of hydrogen-bond donors (Lipinski definition) is 1. The minimum Gasteiger partial charge on any atom is -0.495 e. The lowest BCUT2D eigenvalue weighted by Gasteiger charge is -2.37. The van der Waals surface area contributed by atoms with Crippen LogP contribution in [0, 0.1) is 0 Å². The molecule has 4 aromatic rings. The standard InChI is InChI=1S/C23H23N7O2/c1-32-20-5-3-2-4-19(20)28-10-12-29(13-11-28)22-18-14-27-30(23(18)26-15-25-22)17-8-6-16(7-9-17)21(24)31/h2-9,14-15H,10-13H2,1H3,(H2,24,31). The number of ether oxygens (including phenoxy) is 1. The van der Waals surface area contributed by atoms with Crippen molar-refractivity contribution in [3.05, 3.63) is 66.6 Å². The van der Waals surface area contributed by atoms with Gasteiger partial charge in [0, 0.05) is 31.7 Å². The van der Waals surface area contributed by atoms with Crippen molar-refractivity contribution in [3.8, 4) is 11.4 Å². The summed E-state index contributed by atoms with van der Waals surface area (Å²) in [5, 5.41) is 5.41. The largest absolute Gasteiger partial charge is 0.495 e. The first-order valence-electron chi connectivity index (χ1n) is 10.4. The summed E-state index contributed by atoms with van der Waals surface area (Å²) < 4.78 is 7.27. The number of rotatable bonds is 5. The van der Waals surface area contributed by atoms with Gasteiger partial charge in [0.2, 0.25) is 5.91 Å². The first-order valence-corrected chi connectivity index (χ1v) is 10.4. The van der Waals surface area contributed by atoms with Crippen molar-refractivity contribution >= 4 is 28.4 Å². The van der Waals surface area contributed by atoms with Crippen molar-refractivity contribution in [2.75, 3.05) is 43.1 Å². The van der Waals surface area contributed by atoms with Crippen LogP contribution in [0.3, 0.4) is 0 Å². The van der Waals surface area contributed by atoms with Gasteiger partial charge in [0.15, 0.2) is 5.65 Å². The van der Waals surface area contributed by atoms with Crippen LogP contribution in [0.4, 0.5) is 11.5 Å². The lowest BCUT2D eigenvalue weighted by Crippen LogP contribution is -2.47. The predicted molar refractivity (Wildman–Crippen MR) is 123 cm³/mol. The number of fused-ring (bicyclic) bond motifs is 1. The van der Waals surface area contributed by atoms with Crippen LogP contribution in [0.15, 0.2) is 61.1 Å². The zero-order chi connectivity index (χ0) is 22.1. The van der Waals surface area contributed by atoms with E-state index in [-0.39, 0.29) is 0 Å². The summed E-state index contributed by atoms with van der Waals surface area (Å²) in [7, 11) is 1.70. The van der Waals surface area contributed by atoms with Gasteiger partial charge in [-0.05, 0) is 36.4 Å². The van der Waals surface area contributed by atoms with Gasteiger partial charge in [-0.2, -0.15) is 5.10 Å². The minimum atomic E-state index is -0.459. The van der Waals surface area contributed by atoms with Gasteiger partial charge < -0.3 is 20.3 Å². The van der Waals surface area contributed by atoms with Gasteiger partial charge in [-0.3, -0.25) is 4.79 Å². The molecule has 1 fully saturated rings. The summed E-state index contributed by atoms with van der Waals surface area (Å²) in [5.74, 6) is 1.29. The number of piperazine rings is 1. The van der Waals surface area contributed by atoms with Gasteiger partial charge in [0.05, 0.1) is 30.1 Å². The van der Waals surface area contributed by atoms with Crippen LogP contribution in [-0.2, 0) is 0 Å². The molecule has 0 spiro atoms. The predicted octanol–water partition coefficient (Wildman–Crippen LogP) is 2.25. The van der Waals surface area contributed by atoms with E-state index in [1.165, 1.54) is 0 Å². The van der Waals surface area contributed by atoms with E-state index in [4.69, 9.17) is 10.5 Å². The number of para-hydroxylation sites is 2.